The van der Waals surface area contributed by atoms with Crippen molar-refractivity contribution in [1.29, 1.82) is 0 Å². The number of hydrazine groups is 1. The van der Waals surface area contributed by atoms with Gasteiger partial charge in [0.05, 0.1) is 6.42 Å². The van der Waals surface area contributed by atoms with E-state index in [0.29, 0.717) is 6.54 Å². The molecule has 0 aliphatic heterocycles. The van der Waals surface area contributed by atoms with Crippen LogP contribution in [-0.2, 0) is 9.63 Å². The summed E-state index contributed by atoms with van der Waals surface area (Å²) in [5, 5.41) is 0. The van der Waals surface area contributed by atoms with Crippen molar-refractivity contribution in [3.8, 4) is 0 Å². The highest BCUT2D eigenvalue weighted by molar-refractivity contribution is 5.69. The average molecular weight is 209 g/mol. The minimum absolute atomic E-state index is 0.287. The predicted octanol–water partition coefficient (Wildman–Crippen LogP) is 0.434. The fourth-order valence-electron chi connectivity index (χ4n) is 1.19. The van der Waals surface area contributed by atoms with Crippen LogP contribution in [0.5, 0.6) is 0 Å². The van der Waals surface area contributed by atoms with Gasteiger partial charge in [-0.15, -0.1) is 0 Å². The van der Waals surface area contributed by atoms with Crippen molar-refractivity contribution >= 4 is 11.7 Å². The van der Waals surface area contributed by atoms with Gasteiger partial charge in [-0.1, -0.05) is 23.8 Å². The minimum Gasteiger partial charge on any atom is -0.374 e. The molecule has 0 bridgehead atoms. The molecule has 0 unspecified atom stereocenters. The quantitative estimate of drug-likeness (QED) is 0.544. The molecule has 0 aromatic heterocycles. The average Bonchev–Trinajstić information content (AvgIpc) is 2.27. The number of carbonyl (C=O) groups is 1. The van der Waals surface area contributed by atoms with E-state index in [1.165, 1.54) is 0 Å². The maximum absolute atomic E-state index is 11.0. The lowest BCUT2D eigenvalue weighted by Gasteiger charge is -2.18. The Morgan fingerprint density at radius 2 is 2.13 bits per heavy atom. The monoisotopic (exact) mass is 209 g/mol. The van der Waals surface area contributed by atoms with Crippen molar-refractivity contribution in [2.75, 3.05) is 18.5 Å². The van der Waals surface area contributed by atoms with E-state index in [4.69, 9.17) is 5.84 Å². The highest BCUT2D eigenvalue weighted by Crippen LogP contribution is 2.10. The molecule has 82 valence electrons. The van der Waals surface area contributed by atoms with Crippen molar-refractivity contribution in [3.05, 3.63) is 30.3 Å². The first-order valence-corrected chi connectivity index (χ1v) is 4.65. The van der Waals surface area contributed by atoms with Crippen LogP contribution in [0, 0.1) is 0 Å². The second-order valence-corrected chi connectivity index (χ2v) is 3.10. The number of benzene rings is 1. The highest BCUT2D eigenvalue weighted by atomic mass is 16.7. The molecule has 1 aromatic rings. The molecule has 0 spiro atoms. The zero-order chi connectivity index (χ0) is 11.1. The van der Waals surface area contributed by atoms with Gasteiger partial charge in [0.1, 0.15) is 0 Å². The molecular formula is C10H15N3O2. The maximum Gasteiger partial charge on any atom is 0.328 e. The maximum atomic E-state index is 11.0. The standard InChI is InChI=1S/C10H15N3O2/c1-13(8-7-10(14)15-12-11)9-5-3-2-4-6-9/h2-6,12H,7-8,11H2,1H3. The molecule has 0 atom stereocenters. The molecule has 15 heavy (non-hydrogen) atoms. The van der Waals surface area contributed by atoms with E-state index in [1.54, 1.807) is 0 Å². The van der Waals surface area contributed by atoms with Crippen LogP contribution in [0.3, 0.4) is 0 Å². The van der Waals surface area contributed by atoms with Gasteiger partial charge in [-0.3, -0.25) is 4.79 Å². The molecule has 1 rings (SSSR count). The predicted molar refractivity (Wildman–Crippen MR) is 57.7 cm³/mol. The number of anilines is 1. The van der Waals surface area contributed by atoms with E-state index in [2.05, 4.69) is 4.84 Å². The summed E-state index contributed by atoms with van der Waals surface area (Å²) in [6, 6.07) is 9.81. The molecule has 1 aromatic carbocycles. The molecule has 0 aliphatic rings. The molecule has 0 fully saturated rings. The second-order valence-electron chi connectivity index (χ2n) is 3.10. The summed E-state index contributed by atoms with van der Waals surface area (Å²) >= 11 is 0. The molecule has 0 radical (unpaired) electrons. The van der Waals surface area contributed by atoms with Crippen molar-refractivity contribution in [1.82, 2.24) is 5.59 Å². The number of nitrogens with zero attached hydrogens (tertiary/aromatic N) is 1. The van der Waals surface area contributed by atoms with E-state index in [9.17, 15) is 4.79 Å². The Hall–Kier alpha value is -1.59. The van der Waals surface area contributed by atoms with E-state index >= 15 is 0 Å². The lowest BCUT2D eigenvalue weighted by molar-refractivity contribution is -0.150. The molecule has 0 heterocycles. The molecule has 0 amide bonds. The van der Waals surface area contributed by atoms with Gasteiger partial charge in [0.15, 0.2) is 0 Å². The Kier molecular flexibility index (Phi) is 4.59. The highest BCUT2D eigenvalue weighted by Gasteiger charge is 2.05. The number of para-hydroxylation sites is 1. The van der Waals surface area contributed by atoms with Crippen LogP contribution in [0.1, 0.15) is 6.42 Å². The van der Waals surface area contributed by atoms with Gasteiger partial charge >= 0.3 is 5.97 Å². The number of carbonyl (C=O) groups excluding carboxylic acids is 1. The van der Waals surface area contributed by atoms with E-state index in [-0.39, 0.29) is 12.4 Å². The number of nitrogens with two attached hydrogens (primary N) is 1. The van der Waals surface area contributed by atoms with Crippen LogP contribution < -0.4 is 16.3 Å². The van der Waals surface area contributed by atoms with Gasteiger partial charge < -0.3 is 9.74 Å². The number of hydrogen-bond donors (Lipinski definition) is 2. The van der Waals surface area contributed by atoms with Gasteiger partial charge in [-0.25, -0.2) is 5.84 Å². The van der Waals surface area contributed by atoms with Crippen LogP contribution in [0.4, 0.5) is 5.69 Å². The first kappa shape index (κ1) is 11.5. The van der Waals surface area contributed by atoms with Crippen molar-refractivity contribution in [2.45, 2.75) is 6.42 Å². The van der Waals surface area contributed by atoms with Gasteiger partial charge in [0.25, 0.3) is 0 Å². The number of hydrogen-bond acceptors (Lipinski definition) is 5. The SMILES string of the molecule is CN(CCC(=O)ONN)c1ccccc1. The zero-order valence-corrected chi connectivity index (χ0v) is 8.64. The third-order valence-corrected chi connectivity index (χ3v) is 2.02. The van der Waals surface area contributed by atoms with Crippen molar-refractivity contribution in [3.63, 3.8) is 0 Å². The number of nitrogens with one attached hydrogen (secondary N) is 1. The largest absolute Gasteiger partial charge is 0.374 e. The molecular weight excluding hydrogens is 194 g/mol. The second kappa shape index (κ2) is 6.00. The van der Waals surface area contributed by atoms with Gasteiger partial charge in [0, 0.05) is 19.3 Å². The van der Waals surface area contributed by atoms with Gasteiger partial charge in [0.2, 0.25) is 0 Å². The van der Waals surface area contributed by atoms with E-state index in [1.807, 2.05) is 47.9 Å². The summed E-state index contributed by atoms with van der Waals surface area (Å²) in [7, 11) is 1.92. The Labute approximate surface area is 88.7 Å². The van der Waals surface area contributed by atoms with Crippen LogP contribution in [-0.4, -0.2) is 19.6 Å². The number of rotatable bonds is 5. The van der Waals surface area contributed by atoms with Crippen LogP contribution in [0.2, 0.25) is 0 Å². The fourth-order valence-corrected chi connectivity index (χ4v) is 1.19. The third kappa shape index (κ3) is 3.97. The Balaban J connectivity index is 2.37. The van der Waals surface area contributed by atoms with E-state index in [0.717, 1.165) is 5.69 Å². The molecule has 5 nitrogen and oxygen atoms in total. The van der Waals surface area contributed by atoms with Gasteiger partial charge in [-0.2, -0.15) is 0 Å². The first-order chi connectivity index (χ1) is 7.24. The fraction of sp³-hybridized carbons (Fsp3) is 0.300. The zero-order valence-electron chi connectivity index (χ0n) is 8.64. The molecule has 0 saturated carbocycles. The molecule has 0 aliphatic carbocycles. The normalized spacial score (nSPS) is 9.73. The lowest BCUT2D eigenvalue weighted by Crippen LogP contribution is -2.29. The summed E-state index contributed by atoms with van der Waals surface area (Å²) in [4.78, 5) is 17.3. The van der Waals surface area contributed by atoms with Gasteiger partial charge in [-0.05, 0) is 12.1 Å². The van der Waals surface area contributed by atoms with Crippen molar-refractivity contribution in [2.24, 2.45) is 5.84 Å². The van der Waals surface area contributed by atoms with Crippen molar-refractivity contribution < 1.29 is 9.63 Å². The third-order valence-electron chi connectivity index (χ3n) is 2.02. The molecule has 0 saturated heterocycles. The molecule has 5 heteroatoms. The summed E-state index contributed by atoms with van der Waals surface area (Å²) in [6.45, 7) is 0.588. The Bertz CT molecular complexity index is 303. The summed E-state index contributed by atoms with van der Waals surface area (Å²) < 4.78 is 0. The van der Waals surface area contributed by atoms with Crippen LogP contribution in [0.25, 0.3) is 0 Å². The Morgan fingerprint density at radius 1 is 1.47 bits per heavy atom. The Morgan fingerprint density at radius 3 is 2.73 bits per heavy atom. The van der Waals surface area contributed by atoms with Crippen LogP contribution >= 0.6 is 0 Å². The lowest BCUT2D eigenvalue weighted by atomic mass is 10.3. The first-order valence-electron chi connectivity index (χ1n) is 4.65. The van der Waals surface area contributed by atoms with E-state index < -0.39 is 0 Å². The summed E-state index contributed by atoms with van der Waals surface area (Å²) in [5.74, 6) is 4.47. The topological polar surface area (TPSA) is 67.6 Å². The molecule has 3 N–H and O–H groups in total. The minimum atomic E-state index is -0.375. The summed E-state index contributed by atoms with van der Waals surface area (Å²) in [6.07, 6.45) is 0.287. The summed E-state index contributed by atoms with van der Waals surface area (Å²) in [5.41, 5.74) is 2.92. The smallest absolute Gasteiger partial charge is 0.328 e. The van der Waals surface area contributed by atoms with Crippen LogP contribution in [0.15, 0.2) is 30.3 Å².